The van der Waals surface area contributed by atoms with Gasteiger partial charge in [-0.05, 0) is 45.0 Å². The van der Waals surface area contributed by atoms with Crippen LogP contribution in [0.25, 0.3) is 0 Å². The highest BCUT2D eigenvalue weighted by atomic mass is 19.1. The molecule has 0 aliphatic heterocycles. The Balaban J connectivity index is 2.41. The Morgan fingerprint density at radius 3 is 2.82 bits per heavy atom. The summed E-state index contributed by atoms with van der Waals surface area (Å²) in [5.74, 6) is -0.791. The van der Waals surface area contributed by atoms with Crippen molar-refractivity contribution in [3.8, 4) is 0 Å². The lowest BCUT2D eigenvalue weighted by Crippen LogP contribution is -2.22. The molecule has 1 atom stereocenters. The molecule has 17 heavy (non-hydrogen) atoms. The molecule has 0 bridgehead atoms. The van der Waals surface area contributed by atoms with Gasteiger partial charge >= 0.3 is 0 Å². The van der Waals surface area contributed by atoms with Crippen molar-refractivity contribution in [2.45, 2.75) is 26.3 Å². The molecule has 1 aromatic carbocycles. The van der Waals surface area contributed by atoms with Crippen LogP contribution in [0.3, 0.4) is 0 Å². The zero-order valence-electron chi connectivity index (χ0n) is 10.3. The van der Waals surface area contributed by atoms with E-state index in [9.17, 15) is 8.78 Å². The van der Waals surface area contributed by atoms with Gasteiger partial charge in [-0.1, -0.05) is 0 Å². The molecule has 4 heteroatoms. The van der Waals surface area contributed by atoms with Crippen LogP contribution in [-0.2, 0) is 4.74 Å². The average molecular weight is 243 g/mol. The molecule has 0 aromatic heterocycles. The van der Waals surface area contributed by atoms with Crippen LogP contribution < -0.4 is 5.32 Å². The van der Waals surface area contributed by atoms with Crippen molar-refractivity contribution in [1.29, 1.82) is 0 Å². The van der Waals surface area contributed by atoms with E-state index in [-0.39, 0.29) is 11.9 Å². The van der Waals surface area contributed by atoms with Crippen LogP contribution in [0.5, 0.6) is 0 Å². The van der Waals surface area contributed by atoms with E-state index in [4.69, 9.17) is 4.74 Å². The summed E-state index contributed by atoms with van der Waals surface area (Å²) in [4.78, 5) is 0. The second-order valence-electron chi connectivity index (χ2n) is 3.89. The van der Waals surface area contributed by atoms with Gasteiger partial charge in [-0.2, -0.15) is 0 Å². The molecule has 0 aliphatic carbocycles. The van der Waals surface area contributed by atoms with Gasteiger partial charge in [0.25, 0.3) is 0 Å². The van der Waals surface area contributed by atoms with Crippen molar-refractivity contribution in [1.82, 2.24) is 5.32 Å². The smallest absolute Gasteiger partial charge is 0.128 e. The summed E-state index contributed by atoms with van der Waals surface area (Å²) in [5, 5.41) is 3.14. The normalized spacial score (nSPS) is 12.7. The van der Waals surface area contributed by atoms with Crippen LogP contribution in [0, 0.1) is 11.6 Å². The third-order valence-electron chi connectivity index (χ3n) is 2.54. The molecule has 1 rings (SSSR count). The zero-order chi connectivity index (χ0) is 12.7. The minimum Gasteiger partial charge on any atom is -0.382 e. The molecular formula is C13H19F2NO. The van der Waals surface area contributed by atoms with Crippen molar-refractivity contribution < 1.29 is 13.5 Å². The average Bonchev–Trinajstić information content (AvgIpc) is 2.32. The molecule has 1 unspecified atom stereocenters. The van der Waals surface area contributed by atoms with Crippen molar-refractivity contribution in [3.63, 3.8) is 0 Å². The highest BCUT2D eigenvalue weighted by Gasteiger charge is 2.10. The largest absolute Gasteiger partial charge is 0.382 e. The molecular weight excluding hydrogens is 224 g/mol. The quantitative estimate of drug-likeness (QED) is 0.743. The van der Waals surface area contributed by atoms with E-state index in [0.29, 0.717) is 18.8 Å². The fourth-order valence-corrected chi connectivity index (χ4v) is 1.59. The molecule has 2 nitrogen and oxygen atoms in total. The first kappa shape index (κ1) is 14.1. The Bertz CT molecular complexity index is 344. The van der Waals surface area contributed by atoms with Crippen LogP contribution in [0.1, 0.15) is 31.9 Å². The summed E-state index contributed by atoms with van der Waals surface area (Å²) in [5.41, 5.74) is 0.362. The standard InChI is InChI=1S/C13H19F2NO/c1-3-17-8-4-7-16-10(2)12-9-11(14)5-6-13(12)15/h5-6,9-10,16H,3-4,7-8H2,1-2H3. The number of hydrogen-bond donors (Lipinski definition) is 1. The van der Waals surface area contributed by atoms with E-state index < -0.39 is 5.82 Å². The maximum absolute atomic E-state index is 13.4. The second kappa shape index (κ2) is 7.35. The molecule has 0 heterocycles. The van der Waals surface area contributed by atoms with Crippen molar-refractivity contribution in [2.24, 2.45) is 0 Å². The van der Waals surface area contributed by atoms with Gasteiger partial charge in [0.1, 0.15) is 11.6 Å². The highest BCUT2D eigenvalue weighted by molar-refractivity contribution is 5.21. The first-order valence-electron chi connectivity index (χ1n) is 5.91. The van der Waals surface area contributed by atoms with Gasteiger partial charge < -0.3 is 10.1 Å². The van der Waals surface area contributed by atoms with Gasteiger partial charge in [0.2, 0.25) is 0 Å². The second-order valence-corrected chi connectivity index (χ2v) is 3.89. The van der Waals surface area contributed by atoms with E-state index >= 15 is 0 Å². The summed E-state index contributed by atoms with van der Waals surface area (Å²) < 4.78 is 31.6. The minimum absolute atomic E-state index is 0.202. The van der Waals surface area contributed by atoms with E-state index in [1.165, 1.54) is 6.07 Å². The Kier molecular flexibility index (Phi) is 6.08. The maximum atomic E-state index is 13.4. The van der Waals surface area contributed by atoms with Gasteiger partial charge in [0.05, 0.1) is 0 Å². The summed E-state index contributed by atoms with van der Waals surface area (Å²) in [7, 11) is 0. The molecule has 0 radical (unpaired) electrons. The van der Waals surface area contributed by atoms with E-state index in [0.717, 1.165) is 25.1 Å². The van der Waals surface area contributed by atoms with Crippen LogP contribution >= 0.6 is 0 Å². The number of ether oxygens (including phenoxy) is 1. The fraction of sp³-hybridized carbons (Fsp3) is 0.538. The molecule has 1 N–H and O–H groups in total. The Morgan fingerprint density at radius 1 is 1.35 bits per heavy atom. The molecule has 1 aromatic rings. The molecule has 0 saturated carbocycles. The summed E-state index contributed by atoms with van der Waals surface area (Å²) in [6.45, 7) is 5.86. The Labute approximate surface area is 101 Å². The molecule has 0 aliphatic rings. The highest BCUT2D eigenvalue weighted by Crippen LogP contribution is 2.17. The van der Waals surface area contributed by atoms with Crippen molar-refractivity contribution >= 4 is 0 Å². The SMILES string of the molecule is CCOCCCNC(C)c1cc(F)ccc1F. The Morgan fingerprint density at radius 2 is 2.12 bits per heavy atom. The van der Waals surface area contributed by atoms with E-state index in [1.54, 1.807) is 0 Å². The van der Waals surface area contributed by atoms with Crippen LogP contribution in [0.15, 0.2) is 18.2 Å². The lowest BCUT2D eigenvalue weighted by Gasteiger charge is -2.15. The summed E-state index contributed by atoms with van der Waals surface area (Å²) >= 11 is 0. The Hall–Kier alpha value is -1.00. The van der Waals surface area contributed by atoms with E-state index in [2.05, 4.69) is 5.32 Å². The van der Waals surface area contributed by atoms with Crippen LogP contribution in [0.4, 0.5) is 8.78 Å². The molecule has 0 spiro atoms. The first-order chi connectivity index (χ1) is 8.15. The zero-order valence-corrected chi connectivity index (χ0v) is 10.3. The predicted molar refractivity (Wildman–Crippen MR) is 63.9 cm³/mol. The van der Waals surface area contributed by atoms with E-state index in [1.807, 2.05) is 13.8 Å². The number of benzene rings is 1. The third-order valence-corrected chi connectivity index (χ3v) is 2.54. The lowest BCUT2D eigenvalue weighted by atomic mass is 10.1. The molecule has 0 fully saturated rings. The van der Waals surface area contributed by atoms with Gasteiger partial charge in [-0.25, -0.2) is 8.78 Å². The first-order valence-corrected chi connectivity index (χ1v) is 5.91. The maximum Gasteiger partial charge on any atom is 0.128 e. The third kappa shape index (κ3) is 4.79. The minimum atomic E-state index is -0.413. The topological polar surface area (TPSA) is 21.3 Å². The molecule has 96 valence electrons. The molecule has 0 saturated heterocycles. The summed E-state index contributed by atoms with van der Waals surface area (Å²) in [6.07, 6.45) is 0.856. The van der Waals surface area contributed by atoms with Gasteiger partial charge in [0, 0.05) is 24.8 Å². The number of rotatable bonds is 7. The summed E-state index contributed by atoms with van der Waals surface area (Å²) in [6, 6.07) is 3.31. The van der Waals surface area contributed by atoms with Crippen molar-refractivity contribution in [2.75, 3.05) is 19.8 Å². The lowest BCUT2D eigenvalue weighted by molar-refractivity contribution is 0.144. The predicted octanol–water partition coefficient (Wildman–Crippen LogP) is 3.04. The van der Waals surface area contributed by atoms with Crippen LogP contribution in [-0.4, -0.2) is 19.8 Å². The van der Waals surface area contributed by atoms with Crippen LogP contribution in [0.2, 0.25) is 0 Å². The number of halogens is 2. The monoisotopic (exact) mass is 243 g/mol. The van der Waals surface area contributed by atoms with Gasteiger partial charge in [0.15, 0.2) is 0 Å². The fourth-order valence-electron chi connectivity index (χ4n) is 1.59. The van der Waals surface area contributed by atoms with Crippen molar-refractivity contribution in [3.05, 3.63) is 35.4 Å². The number of nitrogens with one attached hydrogen (secondary N) is 1. The van der Waals surface area contributed by atoms with Gasteiger partial charge in [-0.3, -0.25) is 0 Å². The number of hydrogen-bond acceptors (Lipinski definition) is 2. The molecule has 0 amide bonds. The van der Waals surface area contributed by atoms with Gasteiger partial charge in [-0.15, -0.1) is 0 Å².